The Morgan fingerprint density at radius 1 is 1.21 bits per heavy atom. The van der Waals surface area contributed by atoms with E-state index >= 15 is 0 Å². The van der Waals surface area contributed by atoms with E-state index in [4.69, 9.17) is 4.74 Å². The number of nitrogens with zero attached hydrogens (tertiary/aromatic N) is 1. The van der Waals surface area contributed by atoms with Crippen LogP contribution in [0.5, 0.6) is 0 Å². The Morgan fingerprint density at radius 2 is 1.96 bits per heavy atom. The maximum Gasteiger partial charge on any atom is 0.311 e. The van der Waals surface area contributed by atoms with Gasteiger partial charge in [-0.25, -0.2) is 0 Å². The minimum atomic E-state index is -0.470. The first-order chi connectivity index (χ1) is 11.6. The Bertz CT molecular complexity index is 613. The predicted molar refractivity (Wildman–Crippen MR) is 87.0 cm³/mol. The van der Waals surface area contributed by atoms with Crippen molar-refractivity contribution in [3.05, 3.63) is 35.9 Å². The van der Waals surface area contributed by atoms with Gasteiger partial charge < -0.3 is 15.0 Å². The maximum absolute atomic E-state index is 12.0. The molecule has 6 heteroatoms. The van der Waals surface area contributed by atoms with Crippen molar-refractivity contribution in [2.75, 3.05) is 19.7 Å². The van der Waals surface area contributed by atoms with Gasteiger partial charge in [-0.2, -0.15) is 0 Å². The van der Waals surface area contributed by atoms with Crippen LogP contribution in [0.3, 0.4) is 0 Å². The Hall–Kier alpha value is -2.37. The Morgan fingerprint density at radius 3 is 2.67 bits per heavy atom. The zero-order valence-corrected chi connectivity index (χ0v) is 13.6. The summed E-state index contributed by atoms with van der Waals surface area (Å²) in [5, 5.41) is 2.76. The van der Waals surface area contributed by atoms with Crippen LogP contribution >= 0.6 is 0 Å². The van der Waals surface area contributed by atoms with Gasteiger partial charge >= 0.3 is 5.97 Å². The van der Waals surface area contributed by atoms with Gasteiger partial charge in [0, 0.05) is 25.6 Å². The number of hydrogen-bond donors (Lipinski definition) is 1. The second kappa shape index (κ2) is 7.47. The van der Waals surface area contributed by atoms with Gasteiger partial charge in [0.05, 0.1) is 5.92 Å². The minimum absolute atomic E-state index is 0.0321. The standard InChI is InChI=1S/C18H22N2O4/c21-16(19-15-6-7-15)12-24-18(23)14-10-17(22)20(11-14)9-8-13-4-2-1-3-5-13/h1-5,14-15H,6-12H2,(H,19,21)/t14-/m1/s1. The maximum atomic E-state index is 12.0. The molecular formula is C18H22N2O4. The van der Waals surface area contributed by atoms with E-state index in [-0.39, 0.29) is 30.9 Å². The highest BCUT2D eigenvalue weighted by Crippen LogP contribution is 2.20. The number of amides is 2. The van der Waals surface area contributed by atoms with Crippen molar-refractivity contribution in [2.24, 2.45) is 5.92 Å². The lowest BCUT2D eigenvalue weighted by molar-refractivity contribution is -0.152. The first kappa shape index (κ1) is 16.5. The van der Waals surface area contributed by atoms with Crippen LogP contribution < -0.4 is 5.32 Å². The van der Waals surface area contributed by atoms with Crippen molar-refractivity contribution >= 4 is 17.8 Å². The van der Waals surface area contributed by atoms with Crippen molar-refractivity contribution in [3.8, 4) is 0 Å². The van der Waals surface area contributed by atoms with Crippen LogP contribution in [0.1, 0.15) is 24.8 Å². The smallest absolute Gasteiger partial charge is 0.311 e. The molecule has 3 rings (SSSR count). The lowest BCUT2D eigenvalue weighted by Gasteiger charge is -2.16. The fourth-order valence-corrected chi connectivity index (χ4v) is 2.81. The number of rotatable bonds is 7. The average molecular weight is 330 g/mol. The number of carbonyl (C=O) groups is 3. The van der Waals surface area contributed by atoms with Gasteiger partial charge in [0.15, 0.2) is 6.61 Å². The van der Waals surface area contributed by atoms with Gasteiger partial charge in [-0.15, -0.1) is 0 Å². The number of carbonyl (C=O) groups excluding carboxylic acids is 3. The van der Waals surface area contributed by atoms with Crippen LogP contribution in [0.25, 0.3) is 0 Å². The summed E-state index contributed by atoms with van der Waals surface area (Å²) in [5.41, 5.74) is 1.16. The fourth-order valence-electron chi connectivity index (χ4n) is 2.81. The van der Waals surface area contributed by atoms with Crippen molar-refractivity contribution in [1.29, 1.82) is 0 Å². The molecule has 2 fully saturated rings. The Labute approximate surface area is 141 Å². The van der Waals surface area contributed by atoms with E-state index in [1.54, 1.807) is 4.90 Å². The first-order valence-electron chi connectivity index (χ1n) is 8.39. The molecule has 6 nitrogen and oxygen atoms in total. The molecule has 1 N–H and O–H groups in total. The summed E-state index contributed by atoms with van der Waals surface area (Å²) >= 11 is 0. The summed E-state index contributed by atoms with van der Waals surface area (Å²) in [7, 11) is 0. The van der Waals surface area contributed by atoms with Crippen LogP contribution in [0, 0.1) is 5.92 Å². The van der Waals surface area contributed by atoms with Crippen molar-refractivity contribution in [2.45, 2.75) is 31.7 Å². The highest BCUT2D eigenvalue weighted by molar-refractivity contribution is 5.88. The largest absolute Gasteiger partial charge is 0.455 e. The molecule has 1 saturated heterocycles. The van der Waals surface area contributed by atoms with Crippen molar-refractivity contribution in [3.63, 3.8) is 0 Å². The molecule has 128 valence electrons. The van der Waals surface area contributed by atoms with Crippen LogP contribution in [-0.2, 0) is 25.5 Å². The third-order valence-corrected chi connectivity index (χ3v) is 4.35. The molecule has 1 heterocycles. The van der Waals surface area contributed by atoms with Crippen molar-refractivity contribution < 1.29 is 19.1 Å². The molecule has 1 aliphatic heterocycles. The molecule has 1 saturated carbocycles. The summed E-state index contributed by atoms with van der Waals surface area (Å²) in [6, 6.07) is 10.2. The molecule has 0 aromatic heterocycles. The molecule has 1 atom stereocenters. The first-order valence-corrected chi connectivity index (χ1v) is 8.39. The van der Waals surface area contributed by atoms with Gasteiger partial charge in [-0.3, -0.25) is 14.4 Å². The summed E-state index contributed by atoms with van der Waals surface area (Å²) in [6.45, 7) is 0.702. The molecule has 1 aromatic rings. The number of hydrogen-bond acceptors (Lipinski definition) is 4. The van der Waals surface area contributed by atoms with Crippen LogP contribution in [-0.4, -0.2) is 48.4 Å². The highest BCUT2D eigenvalue weighted by atomic mass is 16.5. The molecule has 2 aliphatic rings. The van der Waals surface area contributed by atoms with E-state index < -0.39 is 11.9 Å². The van der Waals surface area contributed by atoms with Gasteiger partial charge in [-0.1, -0.05) is 30.3 Å². The van der Waals surface area contributed by atoms with Gasteiger partial charge in [0.25, 0.3) is 5.91 Å². The quantitative estimate of drug-likeness (QED) is 0.754. The topological polar surface area (TPSA) is 75.7 Å². The number of ether oxygens (including phenoxy) is 1. The van der Waals surface area contributed by atoms with Crippen LogP contribution in [0.2, 0.25) is 0 Å². The fraction of sp³-hybridized carbons (Fsp3) is 0.500. The third kappa shape index (κ3) is 4.57. The third-order valence-electron chi connectivity index (χ3n) is 4.35. The molecule has 0 unspecified atom stereocenters. The second-order valence-corrected chi connectivity index (χ2v) is 6.43. The van der Waals surface area contributed by atoms with Crippen molar-refractivity contribution in [1.82, 2.24) is 10.2 Å². The lowest BCUT2D eigenvalue weighted by atomic mass is 10.1. The summed E-state index contributed by atoms with van der Waals surface area (Å²) in [4.78, 5) is 37.3. The van der Waals surface area contributed by atoms with E-state index in [2.05, 4.69) is 5.32 Å². The minimum Gasteiger partial charge on any atom is -0.455 e. The highest BCUT2D eigenvalue weighted by Gasteiger charge is 2.35. The van der Waals surface area contributed by atoms with E-state index in [0.29, 0.717) is 13.1 Å². The predicted octanol–water partition coefficient (Wildman–Crippen LogP) is 0.899. The molecule has 24 heavy (non-hydrogen) atoms. The molecular weight excluding hydrogens is 308 g/mol. The average Bonchev–Trinajstić information content (AvgIpc) is 3.32. The van der Waals surface area contributed by atoms with Crippen LogP contribution in [0.4, 0.5) is 0 Å². The summed E-state index contributed by atoms with van der Waals surface area (Å²) in [6.07, 6.45) is 2.91. The van der Waals surface area contributed by atoms with E-state index in [9.17, 15) is 14.4 Å². The molecule has 0 radical (unpaired) electrons. The number of nitrogens with one attached hydrogen (secondary N) is 1. The molecule has 1 aromatic carbocycles. The zero-order valence-electron chi connectivity index (χ0n) is 13.6. The molecule has 2 amide bonds. The van der Waals surface area contributed by atoms with Gasteiger partial charge in [0.2, 0.25) is 5.91 Å². The Kier molecular flexibility index (Phi) is 5.13. The monoisotopic (exact) mass is 330 g/mol. The lowest BCUT2D eigenvalue weighted by Crippen LogP contribution is -2.32. The van der Waals surface area contributed by atoms with Gasteiger partial charge in [-0.05, 0) is 24.8 Å². The molecule has 0 spiro atoms. The second-order valence-electron chi connectivity index (χ2n) is 6.43. The van der Waals surface area contributed by atoms with Gasteiger partial charge in [0.1, 0.15) is 0 Å². The summed E-state index contributed by atoms with van der Waals surface area (Å²) < 4.78 is 5.05. The normalized spacial score (nSPS) is 20.1. The Balaban J connectivity index is 1.41. The van der Waals surface area contributed by atoms with E-state index in [1.165, 1.54) is 0 Å². The molecule has 1 aliphatic carbocycles. The number of esters is 1. The number of benzene rings is 1. The van der Waals surface area contributed by atoms with E-state index in [1.807, 2.05) is 30.3 Å². The van der Waals surface area contributed by atoms with E-state index in [0.717, 1.165) is 24.8 Å². The van der Waals surface area contributed by atoms with Crippen LogP contribution in [0.15, 0.2) is 30.3 Å². The number of likely N-dealkylation sites (tertiary alicyclic amines) is 1. The SMILES string of the molecule is O=C(COC(=O)[C@@H]1CC(=O)N(CCc2ccccc2)C1)NC1CC1. The summed E-state index contributed by atoms with van der Waals surface area (Å²) in [5.74, 6) is -1.23. The zero-order chi connectivity index (χ0) is 16.9. The molecule has 0 bridgehead atoms.